The largest absolute Gasteiger partial charge is 0.455 e. The van der Waals surface area contributed by atoms with Gasteiger partial charge in [0.1, 0.15) is 11.2 Å². The van der Waals surface area contributed by atoms with Crippen molar-refractivity contribution in [3.8, 4) is 11.1 Å². The Morgan fingerprint density at radius 3 is 2.61 bits per heavy atom. The summed E-state index contributed by atoms with van der Waals surface area (Å²) in [6.07, 6.45) is 8.14. The van der Waals surface area contributed by atoms with E-state index in [0.29, 0.717) is 0 Å². The van der Waals surface area contributed by atoms with E-state index in [-0.39, 0.29) is 5.41 Å². The fraction of sp³-hybridized carbons (Fsp3) is 0.121. The Balaban J connectivity index is 1.65. The maximum absolute atomic E-state index is 6.42. The van der Waals surface area contributed by atoms with Gasteiger partial charge in [-0.15, -0.1) is 0 Å². The predicted octanol–water partition coefficient (Wildman–Crippen LogP) is 9.02. The van der Waals surface area contributed by atoms with E-state index in [0.717, 1.165) is 49.5 Å². The lowest BCUT2D eigenvalue weighted by Gasteiger charge is -2.37. The van der Waals surface area contributed by atoms with Gasteiger partial charge in [0.05, 0.1) is 16.6 Å². The van der Waals surface area contributed by atoms with Gasteiger partial charge in [-0.25, -0.2) is 0 Å². The lowest BCUT2D eigenvalue weighted by molar-refractivity contribution is 0.631. The van der Waals surface area contributed by atoms with Gasteiger partial charge >= 0.3 is 0 Å². The summed E-state index contributed by atoms with van der Waals surface area (Å²) >= 11 is 0. The van der Waals surface area contributed by atoms with Gasteiger partial charge in [0.2, 0.25) is 0 Å². The minimum atomic E-state index is -0.226. The van der Waals surface area contributed by atoms with Crippen LogP contribution in [0, 0.1) is 0 Å². The Morgan fingerprint density at radius 1 is 0.944 bits per heavy atom. The highest BCUT2D eigenvalue weighted by Crippen LogP contribution is 2.50. The average Bonchev–Trinajstić information content (AvgIpc) is 3.44. The summed E-state index contributed by atoms with van der Waals surface area (Å²) in [5.41, 5.74) is 10.9. The highest BCUT2D eigenvalue weighted by atomic mass is 16.3. The molecular weight excluding hydrogens is 440 g/mol. The second kappa shape index (κ2) is 7.32. The molecule has 6 aromatic rings. The van der Waals surface area contributed by atoms with Gasteiger partial charge in [-0.05, 0) is 54.0 Å². The summed E-state index contributed by atoms with van der Waals surface area (Å²) < 4.78 is 8.80. The summed E-state index contributed by atoms with van der Waals surface area (Å²) in [4.78, 5) is 4.86. The van der Waals surface area contributed by atoms with Gasteiger partial charge in [-0.3, -0.25) is 4.98 Å². The Hall–Kier alpha value is -4.37. The predicted molar refractivity (Wildman–Crippen MR) is 151 cm³/mol. The van der Waals surface area contributed by atoms with E-state index in [1.54, 1.807) is 0 Å². The molecule has 7 rings (SSSR count). The van der Waals surface area contributed by atoms with Crippen LogP contribution in [0.2, 0.25) is 0 Å². The van der Waals surface area contributed by atoms with Gasteiger partial charge in [0.15, 0.2) is 0 Å². The number of pyridine rings is 1. The summed E-state index contributed by atoms with van der Waals surface area (Å²) in [6, 6.07) is 23.5. The third-order valence-corrected chi connectivity index (χ3v) is 7.75. The second-order valence-corrected chi connectivity index (χ2v) is 10.0. The van der Waals surface area contributed by atoms with Crippen LogP contribution < -0.4 is 0 Å². The molecule has 4 heterocycles. The molecule has 0 fully saturated rings. The molecule has 1 aliphatic heterocycles. The van der Waals surface area contributed by atoms with Crippen LogP contribution in [0.4, 0.5) is 0 Å². The topological polar surface area (TPSA) is 31.0 Å². The minimum Gasteiger partial charge on any atom is -0.455 e. The molecule has 3 aromatic carbocycles. The number of hydrogen-bond acceptors (Lipinski definition) is 2. The normalized spacial score (nSPS) is 17.2. The average molecular weight is 467 g/mol. The van der Waals surface area contributed by atoms with Crippen LogP contribution >= 0.6 is 0 Å². The van der Waals surface area contributed by atoms with Crippen molar-refractivity contribution in [2.45, 2.75) is 26.2 Å². The molecule has 1 aliphatic rings. The van der Waals surface area contributed by atoms with Crippen molar-refractivity contribution >= 4 is 49.6 Å². The van der Waals surface area contributed by atoms with Crippen molar-refractivity contribution < 1.29 is 4.42 Å². The van der Waals surface area contributed by atoms with Crippen molar-refractivity contribution in [2.24, 2.45) is 0 Å². The lowest BCUT2D eigenvalue weighted by Crippen LogP contribution is -2.28. The third-order valence-electron chi connectivity index (χ3n) is 7.75. The van der Waals surface area contributed by atoms with E-state index >= 15 is 0 Å². The van der Waals surface area contributed by atoms with Crippen molar-refractivity contribution in [2.75, 3.05) is 0 Å². The van der Waals surface area contributed by atoms with E-state index in [1.165, 1.54) is 22.4 Å². The first-order chi connectivity index (χ1) is 17.5. The zero-order chi connectivity index (χ0) is 24.6. The number of rotatable bonds is 2. The highest BCUT2D eigenvalue weighted by molar-refractivity contribution is 6.15. The fourth-order valence-electron chi connectivity index (χ4n) is 6.10. The van der Waals surface area contributed by atoms with Crippen molar-refractivity contribution in [1.29, 1.82) is 0 Å². The number of hydrogen-bond donors (Lipinski definition) is 0. The third kappa shape index (κ3) is 2.60. The molecule has 0 amide bonds. The maximum Gasteiger partial charge on any atom is 0.143 e. The summed E-state index contributed by atoms with van der Waals surface area (Å²) in [5, 5.41) is 3.45. The zero-order valence-electron chi connectivity index (χ0n) is 20.7. The van der Waals surface area contributed by atoms with E-state index in [9.17, 15) is 0 Å². The van der Waals surface area contributed by atoms with Crippen molar-refractivity contribution in [3.05, 3.63) is 109 Å². The van der Waals surface area contributed by atoms with Gasteiger partial charge in [0.25, 0.3) is 0 Å². The molecule has 0 radical (unpaired) electrons. The van der Waals surface area contributed by atoms with Crippen LogP contribution in [0.5, 0.6) is 0 Å². The SMILES string of the molecule is C=C/C=C1\C(=C/C)n2c3cccnc3c3cc(-c4cccc5c4oc4ccccc45)cc(c32)C1(C)C. The zero-order valence-corrected chi connectivity index (χ0v) is 20.7. The molecule has 3 aromatic heterocycles. The molecule has 0 saturated carbocycles. The smallest absolute Gasteiger partial charge is 0.143 e. The van der Waals surface area contributed by atoms with Crippen LogP contribution in [0.15, 0.2) is 108 Å². The Bertz CT molecular complexity index is 1940. The van der Waals surface area contributed by atoms with Gasteiger partial charge in [0, 0.05) is 39.0 Å². The van der Waals surface area contributed by atoms with Crippen LogP contribution in [0.1, 0.15) is 26.3 Å². The summed E-state index contributed by atoms with van der Waals surface area (Å²) in [7, 11) is 0. The summed E-state index contributed by atoms with van der Waals surface area (Å²) in [6.45, 7) is 10.7. The highest BCUT2D eigenvalue weighted by Gasteiger charge is 2.37. The first-order valence-corrected chi connectivity index (χ1v) is 12.4. The van der Waals surface area contributed by atoms with E-state index in [1.807, 2.05) is 30.5 Å². The number of benzene rings is 3. The van der Waals surface area contributed by atoms with Crippen LogP contribution in [0.3, 0.4) is 0 Å². The first-order valence-electron chi connectivity index (χ1n) is 12.4. The molecule has 0 aliphatic carbocycles. The second-order valence-electron chi connectivity index (χ2n) is 10.0. The Morgan fingerprint density at radius 2 is 1.78 bits per heavy atom. The number of furan rings is 1. The molecule has 3 heteroatoms. The van der Waals surface area contributed by atoms with Crippen LogP contribution in [-0.2, 0) is 5.41 Å². The molecular formula is C33H26N2O. The standard InChI is InChI=1S/C33H26N2O/c1-5-11-25-27(6-2)35-28-15-10-17-34-30(28)24-18-20(19-26(31(24)35)33(25,3)4)21-13-9-14-23-22-12-7-8-16-29(22)36-32(21)23/h5-19H,1H2,2-4H3/b25-11+,27-6+. The Labute approximate surface area is 209 Å². The van der Waals surface area contributed by atoms with E-state index < -0.39 is 0 Å². The van der Waals surface area contributed by atoms with Crippen molar-refractivity contribution in [1.82, 2.24) is 9.55 Å². The summed E-state index contributed by atoms with van der Waals surface area (Å²) in [5.74, 6) is 0. The van der Waals surface area contributed by atoms with Gasteiger partial charge < -0.3 is 8.98 Å². The van der Waals surface area contributed by atoms with Gasteiger partial charge in [-0.2, -0.15) is 0 Å². The molecule has 0 atom stereocenters. The molecule has 0 unspecified atom stereocenters. The molecule has 0 spiro atoms. The molecule has 0 saturated heterocycles. The molecule has 3 nitrogen and oxygen atoms in total. The first kappa shape index (κ1) is 21.0. The number of para-hydroxylation sites is 2. The molecule has 0 N–H and O–H groups in total. The number of nitrogens with zero attached hydrogens (tertiary/aromatic N) is 2. The number of allylic oxidation sites excluding steroid dienone is 5. The van der Waals surface area contributed by atoms with Crippen LogP contribution in [-0.4, -0.2) is 9.55 Å². The fourth-order valence-corrected chi connectivity index (χ4v) is 6.10. The van der Waals surface area contributed by atoms with E-state index in [4.69, 9.17) is 9.40 Å². The maximum atomic E-state index is 6.42. The number of fused-ring (bicyclic) bond motifs is 6. The Kier molecular flexibility index (Phi) is 4.26. The quantitative estimate of drug-likeness (QED) is 0.255. The molecule has 174 valence electrons. The molecule has 0 bridgehead atoms. The lowest BCUT2D eigenvalue weighted by atomic mass is 9.72. The minimum absolute atomic E-state index is 0.226. The van der Waals surface area contributed by atoms with Crippen LogP contribution in [0.25, 0.3) is 60.7 Å². The van der Waals surface area contributed by atoms with Gasteiger partial charge in [-0.1, -0.05) is 75.1 Å². The van der Waals surface area contributed by atoms with E-state index in [2.05, 4.69) is 92.6 Å². The number of aromatic nitrogens is 2. The monoisotopic (exact) mass is 466 g/mol. The van der Waals surface area contributed by atoms with Crippen molar-refractivity contribution in [3.63, 3.8) is 0 Å². The molecule has 36 heavy (non-hydrogen) atoms.